The lowest BCUT2D eigenvalue weighted by Gasteiger charge is -2.15. The van der Waals surface area contributed by atoms with Crippen LogP contribution >= 0.6 is 35.7 Å². The van der Waals surface area contributed by atoms with E-state index in [-0.39, 0.29) is 29.7 Å². The normalized spacial score (nSPS) is 11.5. The number of nitrogens with zero attached hydrogens (tertiary/aromatic N) is 4. The number of hydrogen-bond donors (Lipinski definition) is 2. The van der Waals surface area contributed by atoms with E-state index in [1.165, 1.54) is 6.07 Å². The molecule has 31 heavy (non-hydrogen) atoms. The molecule has 0 unspecified atom stereocenters. The predicted molar refractivity (Wildman–Crippen MR) is 132 cm³/mol. The number of aryl methyl sites for hydroxylation is 1. The molecule has 0 aliphatic rings. The van der Waals surface area contributed by atoms with Crippen molar-refractivity contribution in [3.05, 3.63) is 35.7 Å². The Balaban J connectivity index is 0.00000480. The molecule has 0 bridgehead atoms. The largest absolute Gasteiger partial charge is 0.434 e. The van der Waals surface area contributed by atoms with E-state index in [0.29, 0.717) is 30.5 Å². The SMILES string of the molecule is CN=C(NCCCc1nnc(SC)n1CC(C)C)NCc1ccccc1OC(F)F.I. The van der Waals surface area contributed by atoms with E-state index < -0.39 is 6.61 Å². The lowest BCUT2D eigenvalue weighted by molar-refractivity contribution is -0.0504. The second-order valence-electron chi connectivity index (χ2n) is 7.05. The zero-order chi connectivity index (χ0) is 21.9. The summed E-state index contributed by atoms with van der Waals surface area (Å²) in [6, 6.07) is 6.70. The number of benzene rings is 1. The maximum atomic E-state index is 12.5. The van der Waals surface area contributed by atoms with Crippen molar-refractivity contribution >= 4 is 41.7 Å². The standard InChI is InChI=1S/C20H30F2N6OS.HI/c1-14(2)13-28-17(26-27-20(28)30-4)10-7-11-24-19(23-3)25-12-15-8-5-6-9-16(15)29-18(21)22;/h5-6,8-9,14,18H,7,10-13H2,1-4H3,(H2,23,24,25);1H. The minimum atomic E-state index is -2.85. The molecule has 2 N–H and O–H groups in total. The molecule has 1 heterocycles. The van der Waals surface area contributed by atoms with E-state index in [1.54, 1.807) is 37.0 Å². The van der Waals surface area contributed by atoms with Crippen molar-refractivity contribution < 1.29 is 13.5 Å². The molecule has 0 saturated carbocycles. The fourth-order valence-corrected chi connectivity index (χ4v) is 3.44. The van der Waals surface area contributed by atoms with Crippen LogP contribution < -0.4 is 15.4 Å². The van der Waals surface area contributed by atoms with Gasteiger partial charge >= 0.3 is 6.61 Å². The number of ether oxygens (including phenoxy) is 1. The quantitative estimate of drug-likeness (QED) is 0.139. The molecule has 0 radical (unpaired) electrons. The van der Waals surface area contributed by atoms with Gasteiger partial charge in [-0.25, -0.2) is 0 Å². The van der Waals surface area contributed by atoms with Crippen molar-refractivity contribution in [1.29, 1.82) is 0 Å². The Labute approximate surface area is 203 Å². The molecule has 0 saturated heterocycles. The molecule has 2 aromatic rings. The molecule has 0 spiro atoms. The zero-order valence-corrected chi connectivity index (χ0v) is 21.4. The van der Waals surface area contributed by atoms with Crippen LogP contribution in [0, 0.1) is 5.92 Å². The van der Waals surface area contributed by atoms with Crippen LogP contribution in [-0.4, -0.2) is 47.2 Å². The molecule has 174 valence electrons. The minimum Gasteiger partial charge on any atom is -0.434 e. The first-order valence-electron chi connectivity index (χ1n) is 9.87. The number of aliphatic imine (C=N–C) groups is 1. The number of aromatic nitrogens is 3. The van der Waals surface area contributed by atoms with Crippen molar-refractivity contribution in [2.75, 3.05) is 19.8 Å². The summed E-state index contributed by atoms with van der Waals surface area (Å²) < 4.78 is 31.8. The Morgan fingerprint density at radius 1 is 1.23 bits per heavy atom. The van der Waals surface area contributed by atoms with Crippen LogP contribution in [-0.2, 0) is 19.5 Å². The summed E-state index contributed by atoms with van der Waals surface area (Å²) in [4.78, 5) is 4.18. The average molecular weight is 568 g/mol. The summed E-state index contributed by atoms with van der Waals surface area (Å²) >= 11 is 1.60. The molecule has 1 aromatic carbocycles. The van der Waals surface area contributed by atoms with E-state index >= 15 is 0 Å². The number of rotatable bonds is 11. The maximum Gasteiger partial charge on any atom is 0.387 e. The second kappa shape index (κ2) is 14.4. The highest BCUT2D eigenvalue weighted by atomic mass is 127. The number of halogens is 3. The van der Waals surface area contributed by atoms with Gasteiger partial charge in [-0.15, -0.1) is 34.2 Å². The molecule has 0 atom stereocenters. The summed E-state index contributed by atoms with van der Waals surface area (Å²) in [5.41, 5.74) is 0.632. The average Bonchev–Trinajstić information content (AvgIpc) is 3.09. The van der Waals surface area contributed by atoms with Gasteiger partial charge in [0.05, 0.1) is 0 Å². The van der Waals surface area contributed by atoms with Gasteiger partial charge in [0.25, 0.3) is 0 Å². The molecule has 0 aliphatic carbocycles. The first-order chi connectivity index (χ1) is 14.4. The Hall–Kier alpha value is -1.63. The van der Waals surface area contributed by atoms with Crippen LogP contribution in [0.1, 0.15) is 31.7 Å². The third-order valence-electron chi connectivity index (χ3n) is 4.25. The van der Waals surface area contributed by atoms with Crippen molar-refractivity contribution in [2.45, 2.75) is 51.5 Å². The van der Waals surface area contributed by atoms with Crippen LogP contribution in [0.25, 0.3) is 0 Å². The highest BCUT2D eigenvalue weighted by Crippen LogP contribution is 2.20. The summed E-state index contributed by atoms with van der Waals surface area (Å²) in [5.74, 6) is 2.25. The number of hydrogen-bond acceptors (Lipinski definition) is 5. The molecule has 0 fully saturated rings. The third-order valence-corrected chi connectivity index (χ3v) is 4.92. The fraction of sp³-hybridized carbons (Fsp3) is 0.550. The van der Waals surface area contributed by atoms with Crippen LogP contribution in [0.5, 0.6) is 5.75 Å². The monoisotopic (exact) mass is 568 g/mol. The van der Waals surface area contributed by atoms with E-state index in [0.717, 1.165) is 30.4 Å². The van der Waals surface area contributed by atoms with Gasteiger partial charge in [0, 0.05) is 38.7 Å². The van der Waals surface area contributed by atoms with Gasteiger partial charge in [-0.1, -0.05) is 43.8 Å². The zero-order valence-electron chi connectivity index (χ0n) is 18.3. The van der Waals surface area contributed by atoms with Crippen molar-refractivity contribution in [3.8, 4) is 5.75 Å². The van der Waals surface area contributed by atoms with Crippen LogP contribution in [0.2, 0.25) is 0 Å². The highest BCUT2D eigenvalue weighted by molar-refractivity contribution is 14.0. The predicted octanol–water partition coefficient (Wildman–Crippen LogP) is 4.17. The fourth-order valence-electron chi connectivity index (χ4n) is 2.92. The van der Waals surface area contributed by atoms with E-state index in [9.17, 15) is 8.78 Å². The minimum absolute atomic E-state index is 0. The van der Waals surface area contributed by atoms with Crippen LogP contribution in [0.4, 0.5) is 8.78 Å². The van der Waals surface area contributed by atoms with Gasteiger partial charge < -0.3 is 19.9 Å². The van der Waals surface area contributed by atoms with Gasteiger partial charge in [-0.3, -0.25) is 4.99 Å². The number of para-hydroxylation sites is 1. The topological polar surface area (TPSA) is 76.4 Å². The van der Waals surface area contributed by atoms with Gasteiger partial charge in [-0.2, -0.15) is 8.78 Å². The Kier molecular flexibility index (Phi) is 12.8. The molecule has 0 amide bonds. The molecular formula is C20H31F2IN6OS. The molecule has 11 heteroatoms. The Morgan fingerprint density at radius 2 is 1.97 bits per heavy atom. The molecule has 0 aliphatic heterocycles. The molecular weight excluding hydrogens is 537 g/mol. The van der Waals surface area contributed by atoms with Crippen molar-refractivity contribution in [1.82, 2.24) is 25.4 Å². The van der Waals surface area contributed by atoms with E-state index in [4.69, 9.17) is 0 Å². The van der Waals surface area contributed by atoms with Gasteiger partial charge in [-0.05, 0) is 24.7 Å². The molecule has 1 aromatic heterocycles. The first kappa shape index (κ1) is 27.4. The molecule has 2 rings (SSSR count). The van der Waals surface area contributed by atoms with Crippen molar-refractivity contribution in [3.63, 3.8) is 0 Å². The number of thioether (sulfide) groups is 1. The number of nitrogens with one attached hydrogen (secondary N) is 2. The summed E-state index contributed by atoms with van der Waals surface area (Å²) in [5, 5.41) is 15.9. The lowest BCUT2D eigenvalue weighted by atomic mass is 10.2. The smallest absolute Gasteiger partial charge is 0.387 e. The summed E-state index contributed by atoms with van der Waals surface area (Å²) in [6.45, 7) is 3.41. The maximum absolute atomic E-state index is 12.5. The van der Waals surface area contributed by atoms with E-state index in [2.05, 4.69) is 49.0 Å². The lowest BCUT2D eigenvalue weighted by Crippen LogP contribution is -2.37. The van der Waals surface area contributed by atoms with Gasteiger partial charge in [0.1, 0.15) is 11.6 Å². The second-order valence-corrected chi connectivity index (χ2v) is 7.82. The Bertz CT molecular complexity index is 819. The first-order valence-corrected chi connectivity index (χ1v) is 11.1. The third kappa shape index (κ3) is 9.17. The van der Waals surface area contributed by atoms with Gasteiger partial charge in [0.15, 0.2) is 11.1 Å². The van der Waals surface area contributed by atoms with E-state index in [1.807, 2.05) is 6.26 Å². The summed E-state index contributed by atoms with van der Waals surface area (Å²) in [6.07, 6.45) is 3.66. The van der Waals surface area contributed by atoms with Crippen molar-refractivity contribution in [2.24, 2.45) is 10.9 Å². The summed E-state index contributed by atoms with van der Waals surface area (Å²) in [7, 11) is 1.67. The van der Waals surface area contributed by atoms with Crippen LogP contribution in [0.15, 0.2) is 34.4 Å². The number of guanidine groups is 1. The Morgan fingerprint density at radius 3 is 2.61 bits per heavy atom. The molecule has 7 nitrogen and oxygen atoms in total. The highest BCUT2D eigenvalue weighted by Gasteiger charge is 2.13. The van der Waals surface area contributed by atoms with Gasteiger partial charge in [0.2, 0.25) is 0 Å². The number of alkyl halides is 2. The van der Waals surface area contributed by atoms with Crippen LogP contribution in [0.3, 0.4) is 0 Å².